The summed E-state index contributed by atoms with van der Waals surface area (Å²) in [4.78, 5) is 11.7. The van der Waals surface area contributed by atoms with Gasteiger partial charge in [-0.25, -0.2) is 0 Å². The summed E-state index contributed by atoms with van der Waals surface area (Å²) in [5.41, 5.74) is -0.311. The van der Waals surface area contributed by atoms with E-state index in [9.17, 15) is 4.79 Å². The summed E-state index contributed by atoms with van der Waals surface area (Å²) in [5, 5.41) is 0. The number of rotatable bonds is 4. The van der Waals surface area contributed by atoms with E-state index in [0.717, 1.165) is 6.42 Å². The van der Waals surface area contributed by atoms with Gasteiger partial charge in [0.05, 0.1) is 12.0 Å². The molecule has 0 unspecified atom stereocenters. The van der Waals surface area contributed by atoms with Crippen LogP contribution < -0.4 is 0 Å². The first kappa shape index (κ1) is 12.5. The van der Waals surface area contributed by atoms with Crippen molar-refractivity contribution >= 4 is 5.97 Å². The fraction of sp³-hybridized carbons (Fsp3) is 0.923. The first-order valence-electron chi connectivity index (χ1n) is 6.23. The number of ether oxygens (including phenoxy) is 1. The van der Waals surface area contributed by atoms with E-state index in [4.69, 9.17) is 4.74 Å². The molecule has 1 saturated carbocycles. The minimum atomic E-state index is -0.311. The second kappa shape index (κ2) is 5.53. The zero-order valence-electron chi connectivity index (χ0n) is 10.3. The molecule has 0 heterocycles. The Bertz CT molecular complexity index is 203. The van der Waals surface area contributed by atoms with Crippen molar-refractivity contribution in [3.63, 3.8) is 0 Å². The lowest BCUT2D eigenvalue weighted by Crippen LogP contribution is -2.28. The van der Waals surface area contributed by atoms with E-state index in [2.05, 4.69) is 0 Å². The monoisotopic (exact) mass is 212 g/mol. The maximum Gasteiger partial charge on any atom is 0.311 e. The van der Waals surface area contributed by atoms with Gasteiger partial charge in [-0.1, -0.05) is 26.2 Å². The van der Waals surface area contributed by atoms with Gasteiger partial charge in [0.2, 0.25) is 0 Å². The lowest BCUT2D eigenvalue weighted by molar-refractivity contribution is -0.155. The normalized spacial score (nSPS) is 18.9. The van der Waals surface area contributed by atoms with Crippen molar-refractivity contribution in [1.29, 1.82) is 0 Å². The van der Waals surface area contributed by atoms with Gasteiger partial charge in [-0.3, -0.25) is 4.79 Å². The van der Waals surface area contributed by atoms with Gasteiger partial charge in [-0.2, -0.15) is 0 Å². The van der Waals surface area contributed by atoms with Crippen molar-refractivity contribution in [3.8, 4) is 0 Å². The Kier molecular flexibility index (Phi) is 4.62. The lowest BCUT2D eigenvalue weighted by Gasteiger charge is -2.25. The van der Waals surface area contributed by atoms with Crippen LogP contribution in [0.5, 0.6) is 0 Å². The van der Waals surface area contributed by atoms with Crippen LogP contribution >= 0.6 is 0 Å². The molecule has 1 aliphatic rings. The Labute approximate surface area is 93.4 Å². The van der Waals surface area contributed by atoms with E-state index in [1.54, 1.807) is 0 Å². The van der Waals surface area contributed by atoms with E-state index in [1.165, 1.54) is 32.1 Å². The summed E-state index contributed by atoms with van der Waals surface area (Å²) in [6.45, 7) is 6.58. The van der Waals surface area contributed by atoms with Crippen LogP contribution in [0.4, 0.5) is 0 Å². The molecule has 0 amide bonds. The molecule has 1 rings (SSSR count). The van der Waals surface area contributed by atoms with Crippen molar-refractivity contribution < 1.29 is 9.53 Å². The summed E-state index contributed by atoms with van der Waals surface area (Å²) < 4.78 is 5.40. The van der Waals surface area contributed by atoms with Gasteiger partial charge in [0.25, 0.3) is 0 Å². The van der Waals surface area contributed by atoms with E-state index in [0.29, 0.717) is 12.5 Å². The zero-order valence-corrected chi connectivity index (χ0v) is 10.3. The number of carbonyl (C=O) groups excluding carboxylic acids is 1. The quantitative estimate of drug-likeness (QED) is 0.666. The molecule has 88 valence electrons. The van der Waals surface area contributed by atoms with Gasteiger partial charge >= 0.3 is 5.97 Å². The molecular weight excluding hydrogens is 188 g/mol. The van der Waals surface area contributed by atoms with Crippen LogP contribution in [-0.2, 0) is 9.53 Å². The third-order valence-electron chi connectivity index (χ3n) is 3.61. The molecule has 0 aromatic rings. The van der Waals surface area contributed by atoms with Crippen LogP contribution in [0.3, 0.4) is 0 Å². The maximum atomic E-state index is 11.7. The maximum absolute atomic E-state index is 11.7. The van der Waals surface area contributed by atoms with E-state index < -0.39 is 0 Å². The Morgan fingerprint density at radius 2 is 1.87 bits per heavy atom. The number of hydrogen-bond acceptors (Lipinski definition) is 2. The number of carbonyl (C=O) groups is 1. The molecule has 0 atom stereocenters. The highest BCUT2D eigenvalue weighted by molar-refractivity contribution is 5.75. The summed E-state index contributed by atoms with van der Waals surface area (Å²) in [7, 11) is 0. The first-order chi connectivity index (χ1) is 7.06. The van der Waals surface area contributed by atoms with Crippen LogP contribution in [-0.4, -0.2) is 12.6 Å². The van der Waals surface area contributed by atoms with Crippen molar-refractivity contribution in [2.24, 2.45) is 11.3 Å². The molecule has 0 N–H and O–H groups in total. The molecule has 0 aromatic heterocycles. The van der Waals surface area contributed by atoms with Crippen LogP contribution in [0.15, 0.2) is 0 Å². The molecular formula is C13H24O2. The van der Waals surface area contributed by atoms with Crippen LogP contribution in [0.1, 0.15) is 59.3 Å². The second-order valence-electron chi connectivity index (χ2n) is 5.34. The van der Waals surface area contributed by atoms with Crippen molar-refractivity contribution in [2.75, 3.05) is 6.61 Å². The largest absolute Gasteiger partial charge is 0.465 e. The third kappa shape index (κ3) is 3.84. The van der Waals surface area contributed by atoms with Gasteiger partial charge < -0.3 is 4.74 Å². The van der Waals surface area contributed by atoms with Crippen molar-refractivity contribution in [1.82, 2.24) is 0 Å². The van der Waals surface area contributed by atoms with E-state index in [-0.39, 0.29) is 11.4 Å². The number of esters is 1. The fourth-order valence-corrected chi connectivity index (χ4v) is 1.89. The highest BCUT2D eigenvalue weighted by Gasteiger charge is 2.27. The van der Waals surface area contributed by atoms with Crippen LogP contribution in [0, 0.1) is 11.3 Å². The molecule has 2 heteroatoms. The van der Waals surface area contributed by atoms with Gasteiger partial charge in [-0.05, 0) is 39.0 Å². The summed E-state index contributed by atoms with van der Waals surface area (Å²) >= 11 is 0. The Balaban J connectivity index is 2.26. The van der Waals surface area contributed by atoms with Crippen LogP contribution in [0.2, 0.25) is 0 Å². The molecule has 0 spiro atoms. The summed E-state index contributed by atoms with van der Waals surface area (Å²) in [6.07, 6.45) is 7.28. The molecule has 15 heavy (non-hydrogen) atoms. The molecule has 0 radical (unpaired) electrons. The molecule has 2 nitrogen and oxygen atoms in total. The Morgan fingerprint density at radius 3 is 2.40 bits per heavy atom. The molecule has 0 aliphatic heterocycles. The van der Waals surface area contributed by atoms with E-state index >= 15 is 0 Å². The predicted octanol–water partition coefficient (Wildman–Crippen LogP) is 3.55. The average molecular weight is 212 g/mol. The summed E-state index contributed by atoms with van der Waals surface area (Å²) in [5.74, 6) is 0.589. The van der Waals surface area contributed by atoms with Crippen LogP contribution in [0.25, 0.3) is 0 Å². The van der Waals surface area contributed by atoms with E-state index in [1.807, 2.05) is 20.8 Å². The first-order valence-corrected chi connectivity index (χ1v) is 6.23. The van der Waals surface area contributed by atoms with Crippen molar-refractivity contribution in [2.45, 2.75) is 59.3 Å². The highest BCUT2D eigenvalue weighted by Crippen LogP contribution is 2.26. The molecule has 0 aromatic carbocycles. The fourth-order valence-electron chi connectivity index (χ4n) is 1.89. The average Bonchev–Trinajstić information content (AvgIpc) is 2.27. The highest BCUT2D eigenvalue weighted by atomic mass is 16.5. The lowest BCUT2D eigenvalue weighted by atomic mass is 9.89. The van der Waals surface area contributed by atoms with Gasteiger partial charge in [0.15, 0.2) is 0 Å². The standard InChI is InChI=1S/C13H24O2/c1-4-13(2,3)12(14)15-10-11-8-6-5-7-9-11/h11H,4-10H2,1-3H3. The number of hydrogen-bond donors (Lipinski definition) is 0. The topological polar surface area (TPSA) is 26.3 Å². The van der Waals surface area contributed by atoms with Gasteiger partial charge in [-0.15, -0.1) is 0 Å². The molecule has 1 aliphatic carbocycles. The second-order valence-corrected chi connectivity index (χ2v) is 5.34. The van der Waals surface area contributed by atoms with Crippen molar-refractivity contribution in [3.05, 3.63) is 0 Å². The molecule has 1 fully saturated rings. The van der Waals surface area contributed by atoms with Gasteiger partial charge in [0, 0.05) is 0 Å². The Hall–Kier alpha value is -0.530. The smallest absolute Gasteiger partial charge is 0.311 e. The zero-order chi connectivity index (χ0) is 11.3. The SMILES string of the molecule is CCC(C)(C)C(=O)OCC1CCCCC1. The minimum Gasteiger partial charge on any atom is -0.465 e. The predicted molar refractivity (Wildman–Crippen MR) is 61.6 cm³/mol. The Morgan fingerprint density at radius 1 is 1.27 bits per heavy atom. The molecule has 0 bridgehead atoms. The third-order valence-corrected chi connectivity index (χ3v) is 3.61. The molecule has 0 saturated heterocycles. The minimum absolute atomic E-state index is 0.0319. The summed E-state index contributed by atoms with van der Waals surface area (Å²) in [6, 6.07) is 0. The van der Waals surface area contributed by atoms with Gasteiger partial charge in [0.1, 0.15) is 0 Å².